The summed E-state index contributed by atoms with van der Waals surface area (Å²) >= 11 is 3.13. The van der Waals surface area contributed by atoms with Crippen molar-refractivity contribution in [2.45, 2.75) is 0 Å². The molecule has 0 amide bonds. The topological polar surface area (TPSA) is 34.9 Å². The summed E-state index contributed by atoms with van der Waals surface area (Å²) in [5, 5.41) is 4.09. The molecule has 0 fully saturated rings. The third-order valence-electron chi connectivity index (χ3n) is 3.27. The second-order valence-electron chi connectivity index (χ2n) is 4.84. The molecule has 0 aliphatic carbocycles. The summed E-state index contributed by atoms with van der Waals surface area (Å²) in [4.78, 5) is 11.4. The lowest BCUT2D eigenvalue weighted by atomic mass is 10.1. The molecule has 0 saturated carbocycles. The van der Waals surface area contributed by atoms with Crippen molar-refractivity contribution in [1.29, 1.82) is 0 Å². The molecule has 0 bridgehead atoms. The fourth-order valence-electron chi connectivity index (χ4n) is 2.20. The largest absolute Gasteiger partial charge is 0.298 e. The number of aromatic nitrogens is 2. The van der Waals surface area contributed by atoms with Gasteiger partial charge in [-0.25, -0.2) is 22.2 Å². The van der Waals surface area contributed by atoms with E-state index in [1.54, 1.807) is 0 Å². The number of hydrogen-bond donors (Lipinski definition) is 0. The molecule has 24 heavy (non-hydrogen) atoms. The molecule has 1 aromatic heterocycles. The molecule has 1 heterocycles. The molecule has 0 spiro atoms. The van der Waals surface area contributed by atoms with E-state index in [4.69, 9.17) is 0 Å². The fourth-order valence-corrected chi connectivity index (χ4v) is 2.77. The van der Waals surface area contributed by atoms with Crippen LogP contribution >= 0.6 is 15.9 Å². The van der Waals surface area contributed by atoms with Crippen molar-refractivity contribution in [3.05, 3.63) is 69.8 Å². The maximum atomic E-state index is 13.4. The number of halogens is 5. The Morgan fingerprint density at radius 3 is 2.21 bits per heavy atom. The molecular formula is C16H7BrF4N2O. The predicted octanol–water partition coefficient (Wildman–Crippen LogP) is 4.67. The summed E-state index contributed by atoms with van der Waals surface area (Å²) in [6.45, 7) is 0. The van der Waals surface area contributed by atoms with Crippen molar-refractivity contribution in [2.75, 3.05) is 0 Å². The summed E-state index contributed by atoms with van der Waals surface area (Å²) in [6.07, 6.45) is 0.458. The standard InChI is InChI=1S/C16H7BrF4N2O/c17-16-12(7-24)15(8-1-2-13(20)14(21)3-8)22-23(16)11-5-9(18)4-10(19)6-11/h1-7H. The third kappa shape index (κ3) is 2.84. The first-order valence-electron chi connectivity index (χ1n) is 6.56. The number of rotatable bonds is 3. The van der Waals surface area contributed by atoms with E-state index < -0.39 is 23.3 Å². The van der Waals surface area contributed by atoms with E-state index in [1.807, 2.05) is 0 Å². The highest BCUT2D eigenvalue weighted by Crippen LogP contribution is 2.31. The van der Waals surface area contributed by atoms with Gasteiger partial charge in [0.2, 0.25) is 0 Å². The van der Waals surface area contributed by atoms with Gasteiger partial charge in [0, 0.05) is 11.6 Å². The van der Waals surface area contributed by atoms with Gasteiger partial charge in [-0.3, -0.25) is 4.79 Å². The first-order chi connectivity index (χ1) is 11.4. The van der Waals surface area contributed by atoms with Crippen LogP contribution in [0, 0.1) is 23.3 Å². The number of aldehydes is 1. The summed E-state index contributed by atoms with van der Waals surface area (Å²) in [5.74, 6) is -3.80. The van der Waals surface area contributed by atoms with Crippen molar-refractivity contribution in [3.8, 4) is 16.9 Å². The van der Waals surface area contributed by atoms with Crippen LogP contribution in [0.5, 0.6) is 0 Å². The SMILES string of the molecule is O=Cc1c(-c2ccc(F)c(F)c2)nn(-c2cc(F)cc(F)c2)c1Br. The summed E-state index contributed by atoms with van der Waals surface area (Å²) in [6, 6.07) is 5.75. The smallest absolute Gasteiger partial charge is 0.159 e. The predicted molar refractivity (Wildman–Crippen MR) is 81.9 cm³/mol. The van der Waals surface area contributed by atoms with E-state index in [1.165, 1.54) is 6.07 Å². The van der Waals surface area contributed by atoms with Gasteiger partial charge in [0.25, 0.3) is 0 Å². The van der Waals surface area contributed by atoms with Gasteiger partial charge < -0.3 is 0 Å². The van der Waals surface area contributed by atoms with Crippen molar-refractivity contribution >= 4 is 22.2 Å². The van der Waals surface area contributed by atoms with Crippen molar-refractivity contribution in [1.82, 2.24) is 9.78 Å². The molecule has 0 N–H and O–H groups in total. The Bertz CT molecular complexity index is 935. The second-order valence-corrected chi connectivity index (χ2v) is 5.59. The van der Waals surface area contributed by atoms with Crippen molar-refractivity contribution in [3.63, 3.8) is 0 Å². The van der Waals surface area contributed by atoms with E-state index >= 15 is 0 Å². The minimum atomic E-state index is -1.10. The Hall–Kier alpha value is -2.48. The maximum absolute atomic E-state index is 13.4. The molecule has 0 aliphatic heterocycles. The molecule has 3 aromatic rings. The van der Waals surface area contributed by atoms with Gasteiger partial charge in [0.15, 0.2) is 17.9 Å². The molecule has 0 saturated heterocycles. The molecular weight excluding hydrogens is 392 g/mol. The van der Waals surface area contributed by atoms with Crippen LogP contribution in [0.15, 0.2) is 41.0 Å². The zero-order chi connectivity index (χ0) is 17.4. The number of carbonyl (C=O) groups is 1. The van der Waals surface area contributed by atoms with Gasteiger partial charge >= 0.3 is 0 Å². The quantitative estimate of drug-likeness (QED) is 0.474. The minimum absolute atomic E-state index is 0.0244. The Morgan fingerprint density at radius 1 is 0.958 bits per heavy atom. The van der Waals surface area contributed by atoms with Gasteiger partial charge in [-0.05, 0) is 46.3 Å². The van der Waals surface area contributed by atoms with Crippen LogP contribution in [0.25, 0.3) is 16.9 Å². The average Bonchev–Trinajstić information content (AvgIpc) is 2.85. The molecule has 0 atom stereocenters. The van der Waals surface area contributed by atoms with Crippen LogP contribution in [0.2, 0.25) is 0 Å². The van der Waals surface area contributed by atoms with E-state index in [0.717, 1.165) is 28.9 Å². The zero-order valence-electron chi connectivity index (χ0n) is 11.7. The van der Waals surface area contributed by atoms with Crippen LogP contribution in [0.1, 0.15) is 10.4 Å². The monoisotopic (exact) mass is 398 g/mol. The van der Waals surface area contributed by atoms with Gasteiger partial charge in [-0.15, -0.1) is 0 Å². The Kier molecular flexibility index (Phi) is 4.23. The van der Waals surface area contributed by atoms with Crippen molar-refractivity contribution < 1.29 is 22.4 Å². The van der Waals surface area contributed by atoms with E-state index in [9.17, 15) is 22.4 Å². The number of nitrogens with zero attached hydrogens (tertiary/aromatic N) is 2. The van der Waals surface area contributed by atoms with Crippen LogP contribution < -0.4 is 0 Å². The summed E-state index contributed by atoms with van der Waals surface area (Å²) in [5.41, 5.74) is 0.245. The third-order valence-corrected chi connectivity index (χ3v) is 4.03. The highest BCUT2D eigenvalue weighted by molar-refractivity contribution is 9.10. The number of benzene rings is 2. The van der Waals surface area contributed by atoms with E-state index in [2.05, 4.69) is 21.0 Å². The molecule has 122 valence electrons. The second kappa shape index (κ2) is 6.20. The molecule has 2 aromatic carbocycles. The first kappa shape index (κ1) is 16.4. The van der Waals surface area contributed by atoms with Crippen LogP contribution in [-0.4, -0.2) is 16.1 Å². The van der Waals surface area contributed by atoms with E-state index in [-0.39, 0.29) is 27.1 Å². The molecule has 3 nitrogen and oxygen atoms in total. The summed E-state index contributed by atoms with van der Waals surface area (Å²) in [7, 11) is 0. The highest BCUT2D eigenvalue weighted by Gasteiger charge is 2.20. The highest BCUT2D eigenvalue weighted by atomic mass is 79.9. The maximum Gasteiger partial charge on any atom is 0.159 e. The normalized spacial score (nSPS) is 10.9. The minimum Gasteiger partial charge on any atom is -0.298 e. The zero-order valence-corrected chi connectivity index (χ0v) is 13.3. The summed E-state index contributed by atoms with van der Waals surface area (Å²) < 4.78 is 54.5. The molecule has 0 radical (unpaired) electrons. The van der Waals surface area contributed by atoms with Crippen LogP contribution in [0.4, 0.5) is 17.6 Å². The Balaban J connectivity index is 2.22. The number of carbonyl (C=O) groups excluding carboxylic acids is 1. The lowest BCUT2D eigenvalue weighted by Gasteiger charge is -2.04. The van der Waals surface area contributed by atoms with Crippen molar-refractivity contribution in [2.24, 2.45) is 0 Å². The van der Waals surface area contributed by atoms with Gasteiger partial charge in [0.05, 0.1) is 11.3 Å². The Morgan fingerprint density at radius 2 is 1.62 bits per heavy atom. The first-order valence-corrected chi connectivity index (χ1v) is 7.35. The Labute approximate surface area is 141 Å². The molecule has 0 aliphatic rings. The number of hydrogen-bond acceptors (Lipinski definition) is 2. The fraction of sp³-hybridized carbons (Fsp3) is 0. The van der Waals surface area contributed by atoms with Gasteiger partial charge in [0.1, 0.15) is 21.9 Å². The molecule has 3 rings (SSSR count). The van der Waals surface area contributed by atoms with Gasteiger partial charge in [-0.1, -0.05) is 0 Å². The average molecular weight is 399 g/mol. The van der Waals surface area contributed by atoms with Crippen LogP contribution in [-0.2, 0) is 0 Å². The lowest BCUT2D eigenvalue weighted by Crippen LogP contribution is -1.99. The van der Waals surface area contributed by atoms with Crippen LogP contribution in [0.3, 0.4) is 0 Å². The van der Waals surface area contributed by atoms with Gasteiger partial charge in [-0.2, -0.15) is 5.10 Å². The molecule has 0 unspecified atom stereocenters. The lowest BCUT2D eigenvalue weighted by molar-refractivity contribution is 0.112. The van der Waals surface area contributed by atoms with E-state index in [0.29, 0.717) is 12.4 Å². The molecule has 8 heteroatoms.